The molecule has 1 saturated heterocycles. The number of anilines is 1. The zero-order valence-electron chi connectivity index (χ0n) is 22.0. The van der Waals surface area contributed by atoms with Crippen LogP contribution in [0.3, 0.4) is 0 Å². The molecule has 2 aliphatic rings. The molecule has 6 nitrogen and oxygen atoms in total. The van der Waals surface area contributed by atoms with E-state index in [4.69, 9.17) is 0 Å². The third-order valence-corrected chi connectivity index (χ3v) is 8.54. The van der Waals surface area contributed by atoms with Gasteiger partial charge >= 0.3 is 12.2 Å². The van der Waals surface area contributed by atoms with E-state index in [9.17, 15) is 27.2 Å². The molecule has 40 heavy (non-hydrogen) atoms. The molecule has 3 aromatic rings. The highest BCUT2D eigenvalue weighted by atomic mass is 32.1. The Morgan fingerprint density at radius 2 is 1.82 bits per heavy atom. The largest absolute Gasteiger partial charge is 0.416 e. The van der Waals surface area contributed by atoms with Crippen LogP contribution in [0.15, 0.2) is 60.0 Å². The van der Waals surface area contributed by atoms with Gasteiger partial charge in [-0.25, -0.2) is 9.18 Å². The van der Waals surface area contributed by atoms with Gasteiger partial charge in [0.25, 0.3) is 0 Å². The maximum absolute atomic E-state index is 14.1. The predicted molar refractivity (Wildman–Crippen MR) is 146 cm³/mol. The first-order valence-electron chi connectivity index (χ1n) is 13.2. The predicted octanol–water partition coefficient (Wildman–Crippen LogP) is 6.01. The first kappa shape index (κ1) is 28.1. The average molecular weight is 575 g/mol. The number of carbonyl (C=O) groups is 2. The number of piperazine rings is 1. The summed E-state index contributed by atoms with van der Waals surface area (Å²) in [5, 5.41) is 4.70. The van der Waals surface area contributed by atoms with Crippen molar-refractivity contribution in [3.63, 3.8) is 0 Å². The van der Waals surface area contributed by atoms with Crippen molar-refractivity contribution in [1.29, 1.82) is 0 Å². The van der Waals surface area contributed by atoms with Crippen LogP contribution in [-0.4, -0.2) is 65.4 Å². The lowest BCUT2D eigenvalue weighted by atomic mass is 9.93. The molecule has 0 spiro atoms. The fourth-order valence-corrected chi connectivity index (χ4v) is 6.40. The molecule has 0 unspecified atom stereocenters. The molecule has 1 N–H and O–H groups in total. The highest BCUT2D eigenvalue weighted by molar-refractivity contribution is 7.10. The minimum absolute atomic E-state index is 0.0104. The average Bonchev–Trinajstić information content (AvgIpc) is 3.40. The van der Waals surface area contributed by atoms with E-state index < -0.39 is 17.8 Å². The SMILES string of the molecule is C[C@H]1CN(C(=O)CCN2CCc3sccc3[C@H]2c2cccc(F)c2)CCN1C(=O)Nc1ccc(C(F)(F)F)cc1. The maximum Gasteiger partial charge on any atom is 0.416 e. The van der Waals surface area contributed by atoms with Crippen LogP contribution in [0.4, 0.5) is 28.0 Å². The number of nitrogens with one attached hydrogen (secondary N) is 1. The zero-order chi connectivity index (χ0) is 28.4. The van der Waals surface area contributed by atoms with Crippen LogP contribution in [0, 0.1) is 5.82 Å². The van der Waals surface area contributed by atoms with Gasteiger partial charge in [-0.05, 0) is 72.3 Å². The van der Waals surface area contributed by atoms with Gasteiger partial charge in [0.1, 0.15) is 5.82 Å². The van der Waals surface area contributed by atoms with E-state index in [1.807, 2.05) is 13.0 Å². The Morgan fingerprint density at radius 1 is 1.05 bits per heavy atom. The Balaban J connectivity index is 1.17. The summed E-state index contributed by atoms with van der Waals surface area (Å²) in [5.41, 5.74) is 1.52. The number of hydrogen-bond donors (Lipinski definition) is 1. The molecule has 0 aliphatic carbocycles. The van der Waals surface area contributed by atoms with E-state index >= 15 is 0 Å². The Morgan fingerprint density at radius 3 is 2.52 bits per heavy atom. The number of benzene rings is 2. The normalized spacial score (nSPS) is 19.8. The molecular formula is C29H30F4N4O2S. The van der Waals surface area contributed by atoms with E-state index in [0.717, 1.165) is 36.2 Å². The number of nitrogens with zero attached hydrogens (tertiary/aromatic N) is 3. The van der Waals surface area contributed by atoms with Crippen molar-refractivity contribution in [2.75, 3.05) is 38.0 Å². The molecule has 212 valence electrons. The number of thiophene rings is 1. The molecule has 2 aliphatic heterocycles. The third kappa shape index (κ3) is 6.15. The molecule has 11 heteroatoms. The summed E-state index contributed by atoms with van der Waals surface area (Å²) in [6.07, 6.45) is -3.26. The highest BCUT2D eigenvalue weighted by Crippen LogP contribution is 2.38. The topological polar surface area (TPSA) is 55.9 Å². The van der Waals surface area contributed by atoms with Crippen molar-refractivity contribution in [3.8, 4) is 0 Å². The summed E-state index contributed by atoms with van der Waals surface area (Å²) >= 11 is 1.70. The van der Waals surface area contributed by atoms with Crippen LogP contribution in [0.25, 0.3) is 0 Å². The van der Waals surface area contributed by atoms with Crippen LogP contribution in [-0.2, 0) is 17.4 Å². The number of rotatable bonds is 5. The zero-order valence-corrected chi connectivity index (χ0v) is 22.8. The van der Waals surface area contributed by atoms with Crippen molar-refractivity contribution in [3.05, 3.63) is 87.4 Å². The lowest BCUT2D eigenvalue weighted by Gasteiger charge is -2.40. The van der Waals surface area contributed by atoms with Gasteiger partial charge in [-0.1, -0.05) is 12.1 Å². The molecule has 2 aromatic carbocycles. The van der Waals surface area contributed by atoms with Gasteiger partial charge < -0.3 is 15.1 Å². The quantitative estimate of drug-likeness (QED) is 0.380. The van der Waals surface area contributed by atoms with E-state index in [-0.39, 0.29) is 29.5 Å². The fraction of sp³-hybridized carbons (Fsp3) is 0.379. The molecule has 1 aromatic heterocycles. The van der Waals surface area contributed by atoms with E-state index in [2.05, 4.69) is 21.7 Å². The molecule has 0 bridgehead atoms. The molecule has 2 atom stereocenters. The summed E-state index contributed by atoms with van der Waals surface area (Å²) in [6.45, 7) is 4.18. The van der Waals surface area contributed by atoms with Gasteiger partial charge in [-0.2, -0.15) is 13.2 Å². The molecule has 0 saturated carbocycles. The summed E-state index contributed by atoms with van der Waals surface area (Å²) in [6, 6.07) is 12.2. The Labute approximate surface area is 234 Å². The number of halogens is 4. The number of alkyl halides is 3. The van der Waals surface area contributed by atoms with Crippen LogP contribution in [0.2, 0.25) is 0 Å². The van der Waals surface area contributed by atoms with Crippen LogP contribution in [0.5, 0.6) is 0 Å². The van der Waals surface area contributed by atoms with Gasteiger partial charge in [-0.3, -0.25) is 9.69 Å². The smallest absolute Gasteiger partial charge is 0.339 e. The van der Waals surface area contributed by atoms with Crippen molar-refractivity contribution < 1.29 is 27.2 Å². The van der Waals surface area contributed by atoms with Crippen LogP contribution < -0.4 is 5.32 Å². The lowest BCUT2D eigenvalue weighted by Crippen LogP contribution is -2.56. The van der Waals surface area contributed by atoms with Crippen molar-refractivity contribution >= 4 is 29.0 Å². The van der Waals surface area contributed by atoms with Crippen molar-refractivity contribution in [2.24, 2.45) is 0 Å². The molecule has 3 heterocycles. The van der Waals surface area contributed by atoms with Gasteiger partial charge in [0.05, 0.1) is 11.6 Å². The minimum atomic E-state index is -4.44. The summed E-state index contributed by atoms with van der Waals surface area (Å²) < 4.78 is 52.5. The summed E-state index contributed by atoms with van der Waals surface area (Å²) in [7, 11) is 0. The number of fused-ring (bicyclic) bond motifs is 1. The van der Waals surface area contributed by atoms with Gasteiger partial charge in [0, 0.05) is 55.8 Å². The second-order valence-corrected chi connectivity index (χ2v) is 11.2. The minimum Gasteiger partial charge on any atom is -0.339 e. The fourth-order valence-electron chi connectivity index (χ4n) is 5.50. The second kappa shape index (κ2) is 11.6. The van der Waals surface area contributed by atoms with Crippen molar-refractivity contribution in [2.45, 2.75) is 38.0 Å². The Hall–Kier alpha value is -3.44. The third-order valence-electron chi connectivity index (χ3n) is 7.55. The highest BCUT2D eigenvalue weighted by Gasteiger charge is 2.33. The number of carbonyl (C=O) groups excluding carboxylic acids is 2. The van der Waals surface area contributed by atoms with Crippen LogP contribution in [0.1, 0.15) is 41.0 Å². The number of amides is 3. The second-order valence-electron chi connectivity index (χ2n) is 10.2. The summed E-state index contributed by atoms with van der Waals surface area (Å²) in [5.74, 6) is -0.297. The van der Waals surface area contributed by atoms with E-state index in [0.29, 0.717) is 32.6 Å². The standard InChI is InChI=1S/C29H30F4N4O2S/c1-19-18-36(14-15-37(19)28(39)34-23-7-5-21(6-8-23)29(31,32)33)26(38)10-13-35-12-9-25-24(11-16-40-25)27(35)20-3-2-4-22(30)17-20/h2-8,11,16-17,19,27H,9-10,12-15,18H2,1H3,(H,34,39)/t19-,27+/m0/s1. The maximum atomic E-state index is 14.1. The monoisotopic (exact) mass is 574 g/mol. The van der Waals surface area contributed by atoms with Crippen molar-refractivity contribution in [1.82, 2.24) is 14.7 Å². The van der Waals surface area contributed by atoms with E-state index in [1.165, 1.54) is 23.1 Å². The number of hydrogen-bond acceptors (Lipinski definition) is 4. The van der Waals surface area contributed by atoms with E-state index in [1.54, 1.807) is 33.3 Å². The van der Waals surface area contributed by atoms with Gasteiger partial charge in [-0.15, -0.1) is 11.3 Å². The molecule has 1 fully saturated rings. The molecule has 5 rings (SSSR count). The van der Waals surface area contributed by atoms with Gasteiger partial charge in [0.15, 0.2) is 0 Å². The molecule has 0 radical (unpaired) electrons. The molecular weight excluding hydrogens is 544 g/mol. The number of urea groups is 1. The van der Waals surface area contributed by atoms with Crippen LogP contribution >= 0.6 is 11.3 Å². The lowest BCUT2D eigenvalue weighted by molar-refractivity contribution is -0.137. The molecule has 3 amide bonds. The Bertz CT molecular complexity index is 1360. The Kier molecular flexibility index (Phi) is 8.14. The summed E-state index contributed by atoms with van der Waals surface area (Å²) in [4.78, 5) is 32.9. The first-order valence-corrected chi connectivity index (χ1v) is 14.1. The first-order chi connectivity index (χ1) is 19.1. The van der Waals surface area contributed by atoms with Gasteiger partial charge in [0.2, 0.25) is 5.91 Å².